The summed E-state index contributed by atoms with van der Waals surface area (Å²) in [5.41, 5.74) is 3.49. The summed E-state index contributed by atoms with van der Waals surface area (Å²) in [7, 11) is 1.58. The third-order valence-corrected chi connectivity index (χ3v) is 6.62. The van der Waals surface area contributed by atoms with Crippen LogP contribution in [0.25, 0.3) is 6.08 Å². The van der Waals surface area contributed by atoms with E-state index in [1.54, 1.807) is 18.2 Å². The summed E-state index contributed by atoms with van der Waals surface area (Å²) < 4.78 is 12.7. The molecule has 0 radical (unpaired) electrons. The van der Waals surface area contributed by atoms with Crippen LogP contribution < -0.4 is 14.4 Å². The second kappa shape index (κ2) is 9.85. The number of carbonyl (C=O) groups excluding carboxylic acids is 1. The largest absolute Gasteiger partial charge is 0.493 e. The smallest absolute Gasteiger partial charge is 0.270 e. The first-order valence-electron chi connectivity index (χ1n) is 9.71. The number of halogens is 1. The van der Waals surface area contributed by atoms with E-state index in [9.17, 15) is 4.79 Å². The van der Waals surface area contributed by atoms with Crippen LogP contribution in [-0.4, -0.2) is 22.3 Å². The minimum atomic E-state index is -0.144. The molecular weight excluding hydrogens is 508 g/mol. The Labute approximate surface area is 204 Å². The average Bonchev–Trinajstić information content (AvgIpc) is 3.06. The van der Waals surface area contributed by atoms with Gasteiger partial charge in [0.25, 0.3) is 5.91 Å². The third kappa shape index (κ3) is 4.87. The fourth-order valence-corrected chi connectivity index (χ4v) is 5.00. The number of thiocarbonyl (C=S) groups is 1. The molecule has 0 bridgehead atoms. The van der Waals surface area contributed by atoms with Gasteiger partial charge >= 0.3 is 0 Å². The zero-order valence-electron chi connectivity index (χ0n) is 17.4. The van der Waals surface area contributed by atoms with Crippen LogP contribution in [0.15, 0.2) is 70.2 Å². The van der Waals surface area contributed by atoms with Crippen LogP contribution in [0.2, 0.25) is 0 Å². The van der Waals surface area contributed by atoms with Gasteiger partial charge < -0.3 is 9.47 Å². The molecule has 0 atom stereocenters. The molecule has 162 valence electrons. The molecule has 1 aromatic heterocycles. The van der Waals surface area contributed by atoms with Crippen molar-refractivity contribution >= 4 is 61.9 Å². The fraction of sp³-hybridized carbons (Fsp3) is 0.125. The minimum absolute atomic E-state index is 0.144. The quantitative estimate of drug-likeness (QED) is 0.283. The van der Waals surface area contributed by atoms with Crippen LogP contribution in [0.4, 0.5) is 5.69 Å². The number of amides is 1. The van der Waals surface area contributed by atoms with E-state index in [0.717, 1.165) is 22.5 Å². The Hall–Kier alpha value is -2.68. The molecule has 0 unspecified atom stereocenters. The Balaban J connectivity index is 1.58. The highest BCUT2D eigenvalue weighted by Crippen LogP contribution is 2.40. The molecule has 0 N–H and O–H groups in total. The van der Waals surface area contributed by atoms with Gasteiger partial charge in [0.05, 0.1) is 27.9 Å². The van der Waals surface area contributed by atoms with E-state index < -0.39 is 0 Å². The first kappa shape index (κ1) is 22.5. The first-order valence-corrected chi connectivity index (χ1v) is 11.7. The monoisotopic (exact) mass is 526 g/mol. The maximum absolute atomic E-state index is 13.0. The summed E-state index contributed by atoms with van der Waals surface area (Å²) in [6.45, 7) is 2.31. The molecule has 1 amide bonds. The topological polar surface area (TPSA) is 51.7 Å². The second-order valence-electron chi connectivity index (χ2n) is 7.00. The number of thioether (sulfide) groups is 1. The number of aromatic nitrogens is 1. The molecule has 2 heterocycles. The summed E-state index contributed by atoms with van der Waals surface area (Å²) in [6, 6.07) is 17.1. The minimum Gasteiger partial charge on any atom is -0.493 e. The number of nitrogens with zero attached hydrogens (tertiary/aromatic N) is 2. The molecule has 0 saturated carbocycles. The second-order valence-corrected chi connectivity index (χ2v) is 9.53. The van der Waals surface area contributed by atoms with E-state index in [2.05, 4.69) is 20.9 Å². The maximum Gasteiger partial charge on any atom is 0.270 e. The van der Waals surface area contributed by atoms with Crippen molar-refractivity contribution in [3.63, 3.8) is 0 Å². The molecule has 0 aliphatic carbocycles. The maximum atomic E-state index is 13.0. The Morgan fingerprint density at radius 3 is 2.66 bits per heavy atom. The van der Waals surface area contributed by atoms with Crippen LogP contribution in [0.1, 0.15) is 16.8 Å². The SMILES string of the molecule is COc1cc(/C=C2\SC(=S)N(c3ccc(C)cc3)C2=O)cc(Br)c1OCc1ccccn1. The molecule has 1 saturated heterocycles. The molecule has 8 heteroatoms. The Morgan fingerprint density at radius 1 is 1.19 bits per heavy atom. The van der Waals surface area contributed by atoms with Gasteiger partial charge in [-0.05, 0) is 70.9 Å². The van der Waals surface area contributed by atoms with Crippen molar-refractivity contribution in [3.8, 4) is 11.5 Å². The van der Waals surface area contributed by atoms with Gasteiger partial charge in [-0.15, -0.1) is 0 Å². The summed E-state index contributed by atoms with van der Waals surface area (Å²) >= 11 is 10.3. The van der Waals surface area contributed by atoms with Crippen LogP contribution >= 0.6 is 39.9 Å². The Kier molecular flexibility index (Phi) is 6.93. The van der Waals surface area contributed by atoms with Gasteiger partial charge in [-0.3, -0.25) is 14.7 Å². The average molecular weight is 527 g/mol. The summed E-state index contributed by atoms with van der Waals surface area (Å²) in [5, 5.41) is 0. The number of hydrogen-bond acceptors (Lipinski definition) is 6. The highest BCUT2D eigenvalue weighted by Gasteiger charge is 2.33. The number of anilines is 1. The third-order valence-electron chi connectivity index (χ3n) is 4.73. The van der Waals surface area contributed by atoms with E-state index in [0.29, 0.717) is 31.8 Å². The van der Waals surface area contributed by atoms with Gasteiger partial charge in [0.2, 0.25) is 0 Å². The van der Waals surface area contributed by atoms with Gasteiger partial charge in [-0.1, -0.05) is 47.7 Å². The van der Waals surface area contributed by atoms with Gasteiger partial charge in [-0.25, -0.2) is 0 Å². The van der Waals surface area contributed by atoms with Gasteiger partial charge in [0, 0.05) is 6.20 Å². The molecular formula is C24H19BrN2O3S2. The van der Waals surface area contributed by atoms with E-state index in [1.165, 1.54) is 11.8 Å². The number of ether oxygens (including phenoxy) is 2. The van der Waals surface area contributed by atoms with Gasteiger partial charge in [0.1, 0.15) is 6.61 Å². The van der Waals surface area contributed by atoms with Crippen molar-refractivity contribution in [1.82, 2.24) is 4.98 Å². The molecule has 5 nitrogen and oxygen atoms in total. The van der Waals surface area contributed by atoms with Crippen molar-refractivity contribution in [2.45, 2.75) is 13.5 Å². The number of methoxy groups -OCH3 is 1. The molecule has 4 rings (SSSR count). The van der Waals surface area contributed by atoms with E-state index >= 15 is 0 Å². The van der Waals surface area contributed by atoms with Crippen molar-refractivity contribution in [1.29, 1.82) is 0 Å². The normalized spacial score (nSPS) is 14.8. The first-order chi connectivity index (χ1) is 15.5. The lowest BCUT2D eigenvalue weighted by molar-refractivity contribution is -0.113. The lowest BCUT2D eigenvalue weighted by Crippen LogP contribution is -2.27. The number of aryl methyl sites for hydroxylation is 1. The molecule has 0 spiro atoms. The van der Waals surface area contributed by atoms with E-state index in [-0.39, 0.29) is 5.91 Å². The van der Waals surface area contributed by atoms with Crippen molar-refractivity contribution < 1.29 is 14.3 Å². The Morgan fingerprint density at radius 2 is 1.97 bits per heavy atom. The highest BCUT2D eigenvalue weighted by atomic mass is 79.9. The van der Waals surface area contributed by atoms with Crippen molar-refractivity contribution in [2.75, 3.05) is 12.0 Å². The van der Waals surface area contributed by atoms with Crippen molar-refractivity contribution in [3.05, 3.63) is 87.0 Å². The summed E-state index contributed by atoms with van der Waals surface area (Å²) in [5.74, 6) is 0.979. The number of hydrogen-bond donors (Lipinski definition) is 0. The molecule has 1 aliphatic heterocycles. The lowest BCUT2D eigenvalue weighted by Gasteiger charge is -2.14. The number of pyridine rings is 1. The van der Waals surface area contributed by atoms with Crippen LogP contribution in [-0.2, 0) is 11.4 Å². The van der Waals surface area contributed by atoms with Crippen LogP contribution in [0, 0.1) is 6.92 Å². The zero-order chi connectivity index (χ0) is 22.7. The predicted molar refractivity (Wildman–Crippen MR) is 136 cm³/mol. The number of rotatable bonds is 6. The molecule has 1 aliphatic rings. The molecule has 32 heavy (non-hydrogen) atoms. The Bertz CT molecular complexity index is 1200. The molecule has 1 fully saturated rings. The fourth-order valence-electron chi connectivity index (χ4n) is 3.13. The van der Waals surface area contributed by atoms with Gasteiger partial charge in [0.15, 0.2) is 15.8 Å². The standard InChI is InChI=1S/C24H19BrN2O3S2/c1-15-6-8-18(9-7-15)27-23(28)21(32-24(27)31)13-16-11-19(25)22(20(12-16)29-2)30-14-17-5-3-4-10-26-17/h3-13H,14H2,1-2H3/b21-13-. The predicted octanol–water partition coefficient (Wildman–Crippen LogP) is 6.15. The van der Waals surface area contributed by atoms with Crippen LogP contribution in [0.5, 0.6) is 11.5 Å². The number of benzene rings is 2. The molecule has 3 aromatic rings. The van der Waals surface area contributed by atoms with Gasteiger partial charge in [-0.2, -0.15) is 0 Å². The summed E-state index contributed by atoms with van der Waals surface area (Å²) in [4.78, 5) is 19.4. The lowest BCUT2D eigenvalue weighted by atomic mass is 10.1. The zero-order valence-corrected chi connectivity index (χ0v) is 20.6. The van der Waals surface area contributed by atoms with Crippen molar-refractivity contribution in [2.24, 2.45) is 0 Å². The summed E-state index contributed by atoms with van der Waals surface area (Å²) in [6.07, 6.45) is 3.53. The highest BCUT2D eigenvalue weighted by molar-refractivity contribution is 9.10. The van der Waals surface area contributed by atoms with E-state index in [4.69, 9.17) is 21.7 Å². The van der Waals surface area contributed by atoms with Crippen LogP contribution in [0.3, 0.4) is 0 Å². The number of carbonyl (C=O) groups is 1. The van der Waals surface area contributed by atoms with E-state index in [1.807, 2.05) is 67.6 Å². The molecule has 2 aromatic carbocycles.